The molecule has 0 aromatic carbocycles. The topological polar surface area (TPSA) is 104 Å². The number of nitrogens with zero attached hydrogens (tertiary/aromatic N) is 1. The van der Waals surface area contributed by atoms with Gasteiger partial charge < -0.3 is 33.4 Å². The minimum absolute atomic E-state index is 0.0165. The molecule has 5 atom stereocenters. The van der Waals surface area contributed by atoms with Crippen LogP contribution in [0.1, 0.15) is 48.0 Å². The summed E-state index contributed by atoms with van der Waals surface area (Å²) in [5.74, 6) is -0.553. The number of carbonyl (C=O) groups excluding carboxylic acids is 2. The standard InChI is InChI=1S/C22H41NO8Si/c1-20(2,3)31-19(26)23(7)16-14(24)12-28-15-11-22(18(25)27-8,30-17(15)16)13-29-32(9,10)21(4,5)6/h14-17,24H,11-13H2,1-10H3/t14-,15+,16+,17-,22-/m0/s1. The van der Waals surface area contributed by atoms with E-state index in [2.05, 4.69) is 33.9 Å². The lowest BCUT2D eigenvalue weighted by Crippen LogP contribution is -2.60. The van der Waals surface area contributed by atoms with Gasteiger partial charge in [-0.3, -0.25) is 0 Å². The maximum atomic E-state index is 12.9. The van der Waals surface area contributed by atoms with Crippen molar-refractivity contribution in [1.29, 1.82) is 0 Å². The van der Waals surface area contributed by atoms with Gasteiger partial charge in [0, 0.05) is 13.5 Å². The number of aliphatic hydroxyl groups is 1. The highest BCUT2D eigenvalue weighted by atomic mass is 28.4. The van der Waals surface area contributed by atoms with E-state index in [1.807, 2.05) is 0 Å². The van der Waals surface area contributed by atoms with Crippen molar-refractivity contribution in [2.24, 2.45) is 0 Å². The molecule has 9 nitrogen and oxygen atoms in total. The fraction of sp³-hybridized carbons (Fsp3) is 0.909. The Kier molecular flexibility index (Phi) is 7.78. The van der Waals surface area contributed by atoms with Gasteiger partial charge in [0.15, 0.2) is 13.9 Å². The van der Waals surface area contributed by atoms with E-state index in [9.17, 15) is 14.7 Å². The molecule has 0 aromatic heterocycles. The zero-order valence-corrected chi connectivity index (χ0v) is 22.2. The first-order chi connectivity index (χ1) is 14.4. The number of rotatable bonds is 5. The van der Waals surface area contributed by atoms with Crippen molar-refractivity contribution in [2.45, 2.75) is 102 Å². The average molecular weight is 476 g/mol. The van der Waals surface area contributed by atoms with Crippen molar-refractivity contribution in [3.05, 3.63) is 0 Å². The van der Waals surface area contributed by atoms with Crippen LogP contribution in [0.4, 0.5) is 4.79 Å². The Balaban J connectivity index is 2.30. The quantitative estimate of drug-likeness (QED) is 0.478. The van der Waals surface area contributed by atoms with Gasteiger partial charge >= 0.3 is 12.1 Å². The molecule has 32 heavy (non-hydrogen) atoms. The highest BCUT2D eigenvalue weighted by Crippen LogP contribution is 2.42. The van der Waals surface area contributed by atoms with Gasteiger partial charge in [-0.1, -0.05) is 20.8 Å². The van der Waals surface area contributed by atoms with Gasteiger partial charge in [0.2, 0.25) is 0 Å². The van der Waals surface area contributed by atoms with Gasteiger partial charge in [0.05, 0.1) is 32.5 Å². The maximum Gasteiger partial charge on any atom is 0.410 e. The summed E-state index contributed by atoms with van der Waals surface area (Å²) in [5.41, 5.74) is -2.07. The van der Waals surface area contributed by atoms with E-state index in [1.165, 1.54) is 12.0 Å². The van der Waals surface area contributed by atoms with Gasteiger partial charge in [0.25, 0.3) is 0 Å². The first-order valence-corrected chi connectivity index (χ1v) is 14.0. The number of methoxy groups -OCH3 is 1. The van der Waals surface area contributed by atoms with Crippen molar-refractivity contribution in [1.82, 2.24) is 4.90 Å². The molecular formula is C22H41NO8Si. The third-order valence-electron chi connectivity index (χ3n) is 6.63. The van der Waals surface area contributed by atoms with Crippen LogP contribution in [0.15, 0.2) is 0 Å². The van der Waals surface area contributed by atoms with E-state index in [4.69, 9.17) is 23.4 Å². The molecule has 1 amide bonds. The summed E-state index contributed by atoms with van der Waals surface area (Å²) in [6.45, 7) is 15.9. The normalized spacial score (nSPS) is 31.1. The monoisotopic (exact) mass is 475 g/mol. The number of esters is 1. The Hall–Kier alpha value is -1.20. The van der Waals surface area contributed by atoms with E-state index in [0.29, 0.717) is 0 Å². The molecule has 2 aliphatic rings. The number of aliphatic hydroxyl groups excluding tert-OH is 1. The van der Waals surface area contributed by atoms with Gasteiger partial charge in [-0.15, -0.1) is 0 Å². The maximum absolute atomic E-state index is 12.9. The van der Waals surface area contributed by atoms with Crippen molar-refractivity contribution in [2.75, 3.05) is 27.4 Å². The molecule has 2 rings (SSSR count). The lowest BCUT2D eigenvalue weighted by atomic mass is 9.93. The molecule has 186 valence electrons. The van der Waals surface area contributed by atoms with Crippen LogP contribution >= 0.6 is 0 Å². The summed E-state index contributed by atoms with van der Waals surface area (Å²) in [6, 6.07) is -0.747. The fourth-order valence-electron chi connectivity index (χ4n) is 3.73. The number of hydrogen-bond donors (Lipinski definition) is 1. The third-order valence-corrected chi connectivity index (χ3v) is 11.1. The summed E-state index contributed by atoms with van der Waals surface area (Å²) in [4.78, 5) is 26.9. The molecule has 0 bridgehead atoms. The highest BCUT2D eigenvalue weighted by Gasteiger charge is 2.60. The molecule has 10 heteroatoms. The van der Waals surface area contributed by atoms with Crippen LogP contribution in [0.2, 0.25) is 18.1 Å². The van der Waals surface area contributed by atoms with Crippen LogP contribution in [0.25, 0.3) is 0 Å². The van der Waals surface area contributed by atoms with Crippen LogP contribution in [-0.2, 0) is 28.2 Å². The molecule has 0 aromatic rings. The molecule has 2 heterocycles. The molecule has 0 radical (unpaired) electrons. The van der Waals surface area contributed by atoms with E-state index in [-0.39, 0.29) is 24.7 Å². The second-order valence-corrected chi connectivity index (χ2v) is 16.2. The first kappa shape index (κ1) is 27.0. The Morgan fingerprint density at radius 3 is 2.28 bits per heavy atom. The summed E-state index contributed by atoms with van der Waals surface area (Å²) in [7, 11) is 0.674. The summed E-state index contributed by atoms with van der Waals surface area (Å²) >= 11 is 0. The smallest absolute Gasteiger partial charge is 0.410 e. The van der Waals surface area contributed by atoms with Crippen LogP contribution in [-0.4, -0.2) is 93.3 Å². The molecule has 0 spiro atoms. The van der Waals surface area contributed by atoms with Crippen LogP contribution < -0.4 is 0 Å². The molecular weight excluding hydrogens is 434 g/mol. The lowest BCUT2D eigenvalue weighted by molar-refractivity contribution is -0.187. The third kappa shape index (κ3) is 5.64. The van der Waals surface area contributed by atoms with Gasteiger partial charge in [-0.2, -0.15) is 0 Å². The second kappa shape index (κ2) is 9.21. The number of amides is 1. The van der Waals surface area contributed by atoms with Crippen LogP contribution in [0, 0.1) is 0 Å². The minimum atomic E-state index is -2.19. The van der Waals surface area contributed by atoms with Crippen molar-refractivity contribution >= 4 is 20.4 Å². The first-order valence-electron chi connectivity index (χ1n) is 11.1. The molecule has 0 unspecified atom stereocenters. The largest absolute Gasteiger partial charge is 0.467 e. The fourth-order valence-corrected chi connectivity index (χ4v) is 4.75. The van der Waals surface area contributed by atoms with E-state index >= 15 is 0 Å². The molecule has 2 aliphatic heterocycles. The zero-order valence-electron chi connectivity index (χ0n) is 21.2. The van der Waals surface area contributed by atoms with Crippen molar-refractivity contribution in [3.63, 3.8) is 0 Å². The van der Waals surface area contributed by atoms with E-state index in [1.54, 1.807) is 27.8 Å². The SMILES string of the molecule is COC(=O)[C@@]1(CO[Si](C)(C)C(C)(C)C)C[C@H]2OC[C@H](O)[C@@H](N(C)C(=O)OC(C)(C)C)[C@H]2O1. The second-order valence-electron chi connectivity index (χ2n) is 11.3. The van der Waals surface area contributed by atoms with Crippen LogP contribution in [0.5, 0.6) is 0 Å². The van der Waals surface area contributed by atoms with Crippen molar-refractivity contribution in [3.8, 4) is 0 Å². The predicted molar refractivity (Wildman–Crippen MR) is 121 cm³/mol. The summed E-state index contributed by atoms with van der Waals surface area (Å²) in [5, 5.41) is 10.6. The zero-order chi connectivity index (χ0) is 24.7. The van der Waals surface area contributed by atoms with Crippen LogP contribution in [0.3, 0.4) is 0 Å². The minimum Gasteiger partial charge on any atom is -0.467 e. The van der Waals surface area contributed by atoms with Gasteiger partial charge in [-0.25, -0.2) is 9.59 Å². The Morgan fingerprint density at radius 1 is 1.19 bits per heavy atom. The van der Waals surface area contributed by atoms with Gasteiger partial charge in [-0.05, 0) is 38.9 Å². The Morgan fingerprint density at radius 2 is 1.78 bits per heavy atom. The number of fused-ring (bicyclic) bond motifs is 1. The van der Waals surface area contributed by atoms with Gasteiger partial charge in [0.1, 0.15) is 17.8 Å². The van der Waals surface area contributed by atoms with E-state index in [0.717, 1.165) is 0 Å². The summed E-state index contributed by atoms with van der Waals surface area (Å²) < 4.78 is 29.0. The molecule has 1 N–H and O–H groups in total. The number of ether oxygens (including phenoxy) is 4. The predicted octanol–water partition coefficient (Wildman–Crippen LogP) is 2.70. The number of carbonyl (C=O) groups is 2. The average Bonchev–Trinajstić information content (AvgIpc) is 3.03. The number of likely N-dealkylation sites (N-methyl/N-ethyl adjacent to an activating group) is 1. The number of hydrogen-bond acceptors (Lipinski definition) is 8. The molecule has 2 saturated heterocycles. The Bertz CT molecular complexity index is 701. The Labute approximate surface area is 192 Å². The summed E-state index contributed by atoms with van der Waals surface area (Å²) in [6.07, 6.45) is -2.61. The van der Waals surface area contributed by atoms with E-state index < -0.39 is 55.9 Å². The lowest BCUT2D eigenvalue weighted by Gasteiger charge is -2.42. The molecule has 0 saturated carbocycles. The van der Waals surface area contributed by atoms with Crippen molar-refractivity contribution < 1.29 is 38.1 Å². The molecule has 0 aliphatic carbocycles. The molecule has 2 fully saturated rings. The highest BCUT2D eigenvalue weighted by molar-refractivity contribution is 6.74.